The van der Waals surface area contributed by atoms with Gasteiger partial charge in [-0.25, -0.2) is 4.79 Å². The third-order valence-corrected chi connectivity index (χ3v) is 4.38. The highest BCUT2D eigenvalue weighted by molar-refractivity contribution is 6.30. The highest BCUT2D eigenvalue weighted by Crippen LogP contribution is 2.22. The zero-order valence-corrected chi connectivity index (χ0v) is 18.5. The zero-order chi connectivity index (χ0) is 24.1. The summed E-state index contributed by atoms with van der Waals surface area (Å²) < 4.78 is 20.1. The average molecular weight is 475 g/mol. The van der Waals surface area contributed by atoms with Crippen molar-refractivity contribution in [2.75, 3.05) is 26.4 Å². The molecule has 0 aromatic heterocycles. The smallest absolute Gasteiger partial charge is 0.330 e. The van der Waals surface area contributed by atoms with Crippen LogP contribution >= 0.6 is 11.6 Å². The topological polar surface area (TPSA) is 105 Å². The second-order valence-electron chi connectivity index (χ2n) is 6.49. The Morgan fingerprint density at radius 2 is 1.36 bits per heavy atom. The highest BCUT2D eigenvalue weighted by atomic mass is 35.5. The molecule has 0 unspecified atom stereocenters. The molecule has 2 rings (SSSR count). The van der Waals surface area contributed by atoms with Gasteiger partial charge in [0.25, 0.3) is 0 Å². The van der Waals surface area contributed by atoms with E-state index in [0.29, 0.717) is 21.9 Å². The van der Waals surface area contributed by atoms with Crippen LogP contribution in [0.25, 0.3) is 0 Å². The van der Waals surface area contributed by atoms with Crippen LogP contribution in [0.1, 0.15) is 28.8 Å². The minimum atomic E-state index is -0.618. The minimum Gasteiger partial charge on any atom is -0.489 e. The number of carbonyl (C=O) groups is 4. The molecule has 174 valence electrons. The Morgan fingerprint density at radius 3 is 2.00 bits per heavy atom. The van der Waals surface area contributed by atoms with Crippen LogP contribution in [-0.4, -0.2) is 50.1 Å². The number of halogens is 1. The van der Waals surface area contributed by atoms with E-state index in [9.17, 15) is 19.2 Å². The van der Waals surface area contributed by atoms with Gasteiger partial charge in [-0.3, -0.25) is 14.4 Å². The summed E-state index contributed by atoms with van der Waals surface area (Å²) in [6.07, 6.45) is 0.655. The van der Waals surface area contributed by atoms with Crippen LogP contribution in [0.5, 0.6) is 5.75 Å². The molecular weight excluding hydrogens is 452 g/mol. The molecule has 0 saturated heterocycles. The van der Waals surface area contributed by atoms with Gasteiger partial charge >= 0.3 is 17.9 Å². The van der Waals surface area contributed by atoms with Crippen molar-refractivity contribution in [2.45, 2.75) is 12.8 Å². The molecule has 0 amide bonds. The molecule has 0 radical (unpaired) electrons. The standard InChI is InChI=1S/C24H23ClO8/c1-2-21(26)31-15-16-33-23(28)12-11-22(27)32-14-13-30-20-6-4-3-5-19(20)24(29)17-7-9-18(25)10-8-17/h2-10H,1,11-16H2. The van der Waals surface area contributed by atoms with Gasteiger partial charge in [0.1, 0.15) is 32.2 Å². The number of rotatable bonds is 13. The molecule has 0 aliphatic rings. The third-order valence-electron chi connectivity index (χ3n) is 4.13. The lowest BCUT2D eigenvalue weighted by molar-refractivity contribution is -0.153. The van der Waals surface area contributed by atoms with Crippen molar-refractivity contribution >= 4 is 35.3 Å². The molecule has 0 aliphatic carbocycles. The van der Waals surface area contributed by atoms with Gasteiger partial charge in [0.05, 0.1) is 18.4 Å². The number of ether oxygens (including phenoxy) is 4. The number of carbonyl (C=O) groups excluding carboxylic acids is 4. The van der Waals surface area contributed by atoms with Crippen LogP contribution in [0.4, 0.5) is 0 Å². The summed E-state index contributed by atoms with van der Waals surface area (Å²) in [6, 6.07) is 13.2. The van der Waals surface area contributed by atoms with Crippen LogP contribution in [0.2, 0.25) is 5.02 Å². The Hall–Kier alpha value is -3.65. The van der Waals surface area contributed by atoms with Crippen molar-refractivity contribution in [3.63, 3.8) is 0 Å². The third kappa shape index (κ3) is 9.16. The summed E-state index contributed by atoms with van der Waals surface area (Å²) in [5.74, 6) is -1.70. The number of benzene rings is 2. The van der Waals surface area contributed by atoms with Crippen LogP contribution in [0.15, 0.2) is 61.2 Å². The largest absolute Gasteiger partial charge is 0.489 e. The molecule has 0 saturated carbocycles. The van der Waals surface area contributed by atoms with Crippen molar-refractivity contribution in [1.29, 1.82) is 0 Å². The quantitative estimate of drug-likeness (QED) is 0.143. The molecular formula is C24H23ClO8. The van der Waals surface area contributed by atoms with Gasteiger partial charge in [0.2, 0.25) is 0 Å². The summed E-state index contributed by atoms with van der Waals surface area (Å²) in [7, 11) is 0. The first-order valence-electron chi connectivity index (χ1n) is 10.0. The molecule has 0 bridgehead atoms. The molecule has 2 aromatic rings. The summed E-state index contributed by atoms with van der Waals surface area (Å²) in [5, 5.41) is 0.528. The lowest BCUT2D eigenvalue weighted by Crippen LogP contribution is -2.16. The number of para-hydroxylation sites is 1. The van der Waals surface area contributed by atoms with E-state index < -0.39 is 17.9 Å². The van der Waals surface area contributed by atoms with Gasteiger partial charge in [-0.2, -0.15) is 0 Å². The number of hydrogen-bond acceptors (Lipinski definition) is 8. The van der Waals surface area contributed by atoms with E-state index in [1.54, 1.807) is 48.5 Å². The minimum absolute atomic E-state index is 0.0236. The Labute approximate surface area is 196 Å². The van der Waals surface area contributed by atoms with E-state index in [0.717, 1.165) is 6.08 Å². The number of ketones is 1. The zero-order valence-electron chi connectivity index (χ0n) is 17.8. The maximum absolute atomic E-state index is 12.7. The monoisotopic (exact) mass is 474 g/mol. The highest BCUT2D eigenvalue weighted by Gasteiger charge is 2.15. The van der Waals surface area contributed by atoms with Gasteiger partial charge in [-0.15, -0.1) is 0 Å². The molecule has 0 fully saturated rings. The fraction of sp³-hybridized carbons (Fsp3) is 0.250. The second kappa shape index (κ2) is 13.7. The Morgan fingerprint density at radius 1 is 0.788 bits per heavy atom. The molecule has 0 spiro atoms. The van der Waals surface area contributed by atoms with E-state index >= 15 is 0 Å². The summed E-state index contributed by atoms with van der Waals surface area (Å²) in [4.78, 5) is 46.9. The Kier molecular flexibility index (Phi) is 10.6. The molecule has 0 aliphatic heterocycles. The van der Waals surface area contributed by atoms with Gasteiger partial charge in [0.15, 0.2) is 5.78 Å². The molecule has 0 N–H and O–H groups in total. The van der Waals surface area contributed by atoms with Crippen molar-refractivity contribution in [2.24, 2.45) is 0 Å². The predicted octanol–water partition coefficient (Wildman–Crippen LogP) is 3.55. The summed E-state index contributed by atoms with van der Waals surface area (Å²) in [5.41, 5.74) is 0.834. The second-order valence-corrected chi connectivity index (χ2v) is 6.93. The van der Waals surface area contributed by atoms with E-state index in [-0.39, 0.29) is 45.1 Å². The average Bonchev–Trinajstić information content (AvgIpc) is 2.83. The van der Waals surface area contributed by atoms with E-state index in [4.69, 9.17) is 25.8 Å². The fourth-order valence-corrected chi connectivity index (χ4v) is 2.68. The molecule has 8 nitrogen and oxygen atoms in total. The van der Waals surface area contributed by atoms with E-state index in [1.165, 1.54) is 0 Å². The first-order valence-corrected chi connectivity index (χ1v) is 10.4. The molecule has 0 heterocycles. The predicted molar refractivity (Wildman–Crippen MR) is 119 cm³/mol. The lowest BCUT2D eigenvalue weighted by atomic mass is 10.0. The van der Waals surface area contributed by atoms with Crippen LogP contribution in [0.3, 0.4) is 0 Å². The van der Waals surface area contributed by atoms with Crippen molar-refractivity contribution in [3.05, 3.63) is 77.3 Å². The van der Waals surface area contributed by atoms with Gasteiger partial charge in [0, 0.05) is 16.7 Å². The van der Waals surface area contributed by atoms with Gasteiger partial charge in [-0.05, 0) is 36.4 Å². The normalized spacial score (nSPS) is 10.1. The van der Waals surface area contributed by atoms with Gasteiger partial charge < -0.3 is 18.9 Å². The first-order chi connectivity index (χ1) is 15.9. The van der Waals surface area contributed by atoms with Crippen molar-refractivity contribution < 1.29 is 38.1 Å². The summed E-state index contributed by atoms with van der Waals surface area (Å²) in [6.45, 7) is 2.99. The number of esters is 3. The Balaban J connectivity index is 1.70. The molecule has 2 aromatic carbocycles. The summed E-state index contributed by atoms with van der Waals surface area (Å²) >= 11 is 5.86. The first kappa shape index (κ1) is 25.6. The van der Waals surface area contributed by atoms with Gasteiger partial charge in [-0.1, -0.05) is 30.3 Å². The maximum atomic E-state index is 12.7. The molecule has 33 heavy (non-hydrogen) atoms. The Bertz CT molecular complexity index is 984. The van der Waals surface area contributed by atoms with E-state index in [1.807, 2.05) is 0 Å². The van der Waals surface area contributed by atoms with Crippen molar-refractivity contribution in [3.8, 4) is 5.75 Å². The SMILES string of the molecule is C=CC(=O)OCCOC(=O)CCC(=O)OCCOc1ccccc1C(=O)c1ccc(Cl)cc1. The van der Waals surface area contributed by atoms with Crippen molar-refractivity contribution in [1.82, 2.24) is 0 Å². The molecule has 0 atom stereocenters. The fourth-order valence-electron chi connectivity index (χ4n) is 2.55. The van der Waals surface area contributed by atoms with E-state index in [2.05, 4.69) is 11.3 Å². The molecule has 9 heteroatoms. The van der Waals surface area contributed by atoms with Crippen LogP contribution < -0.4 is 4.74 Å². The lowest BCUT2D eigenvalue weighted by Gasteiger charge is -2.11. The maximum Gasteiger partial charge on any atom is 0.330 e. The van der Waals surface area contributed by atoms with Crippen LogP contribution in [-0.2, 0) is 28.6 Å². The number of hydrogen-bond donors (Lipinski definition) is 0. The van der Waals surface area contributed by atoms with Crippen LogP contribution in [0, 0.1) is 0 Å².